The van der Waals surface area contributed by atoms with Gasteiger partial charge in [0, 0.05) is 25.4 Å². The smallest absolute Gasteiger partial charge is 0.0791 e. The quantitative estimate of drug-likeness (QED) is 0.250. The van der Waals surface area contributed by atoms with Crippen molar-refractivity contribution in [1.29, 1.82) is 0 Å². The zero-order chi connectivity index (χ0) is 18.8. The molecule has 26 heavy (non-hydrogen) atoms. The van der Waals surface area contributed by atoms with Gasteiger partial charge in [-0.25, -0.2) is 0 Å². The fourth-order valence-electron chi connectivity index (χ4n) is 3.21. The Morgan fingerprint density at radius 1 is 0.846 bits per heavy atom. The topological polar surface area (TPSA) is 95.9 Å². The monoisotopic (exact) mass is 397 g/mol. The van der Waals surface area contributed by atoms with Crippen LogP contribution in [0.4, 0.5) is 0 Å². The van der Waals surface area contributed by atoms with Gasteiger partial charge >= 0.3 is 0 Å². The van der Waals surface area contributed by atoms with E-state index in [4.69, 9.17) is 20.7 Å². The van der Waals surface area contributed by atoms with E-state index in [1.807, 2.05) is 0 Å². The number of ether oxygens (including phenoxy) is 1. The second-order valence-electron chi connectivity index (χ2n) is 7.42. The zero-order valence-corrected chi connectivity index (χ0v) is 17.7. The minimum Gasteiger partial charge on any atom is -0.396 e. The predicted octanol–water partition coefficient (Wildman–Crippen LogP) is 3.56. The summed E-state index contributed by atoms with van der Waals surface area (Å²) in [6.07, 6.45) is 13.4. The van der Waals surface area contributed by atoms with Crippen LogP contribution >= 0.6 is 12.4 Å². The van der Waals surface area contributed by atoms with Gasteiger partial charge in [-0.3, -0.25) is 0 Å². The average Bonchev–Trinajstić information content (AvgIpc) is 2.56. The Morgan fingerprint density at radius 3 is 1.77 bits per heavy atom. The molecule has 0 aromatic carbocycles. The maximum atomic E-state index is 10.0. The molecule has 0 aromatic rings. The Morgan fingerprint density at radius 2 is 1.31 bits per heavy atom. The van der Waals surface area contributed by atoms with Crippen molar-refractivity contribution in [2.45, 2.75) is 102 Å². The first-order valence-electron chi connectivity index (χ1n) is 10.3. The Labute approximate surface area is 167 Å². The van der Waals surface area contributed by atoms with Crippen LogP contribution in [0, 0.1) is 0 Å². The summed E-state index contributed by atoms with van der Waals surface area (Å²) >= 11 is 0. The largest absolute Gasteiger partial charge is 0.396 e. The van der Waals surface area contributed by atoms with Crippen LogP contribution in [0.1, 0.15) is 90.4 Å². The molecular weight excluding hydrogens is 354 g/mol. The molecular formula is C20H44ClNO4. The Balaban J connectivity index is 0. The summed E-state index contributed by atoms with van der Waals surface area (Å²) in [7, 11) is 0. The Bertz CT molecular complexity index is 277. The molecule has 0 radical (unpaired) electrons. The van der Waals surface area contributed by atoms with Gasteiger partial charge < -0.3 is 25.8 Å². The molecule has 0 amide bonds. The molecule has 1 atom stereocenters. The van der Waals surface area contributed by atoms with Crippen LogP contribution in [0.15, 0.2) is 0 Å². The number of aliphatic hydroxyl groups excluding tert-OH is 3. The van der Waals surface area contributed by atoms with Gasteiger partial charge in [-0.05, 0) is 25.7 Å². The molecule has 0 aliphatic carbocycles. The van der Waals surface area contributed by atoms with Gasteiger partial charge in [-0.2, -0.15) is 0 Å². The third kappa shape index (κ3) is 17.5. The Kier molecular flexibility index (Phi) is 21.6. The molecule has 5 nitrogen and oxygen atoms in total. The van der Waals surface area contributed by atoms with Gasteiger partial charge in [0.2, 0.25) is 0 Å². The second kappa shape index (κ2) is 19.8. The lowest BCUT2D eigenvalue weighted by Gasteiger charge is -2.30. The first-order chi connectivity index (χ1) is 12.1. The number of rotatable bonds is 19. The molecule has 0 aromatic heterocycles. The van der Waals surface area contributed by atoms with Crippen LogP contribution in [-0.2, 0) is 4.74 Å². The average molecular weight is 398 g/mol. The number of nitrogens with two attached hydrogens (primary N) is 1. The van der Waals surface area contributed by atoms with Crippen LogP contribution in [-0.4, -0.2) is 53.4 Å². The maximum Gasteiger partial charge on any atom is 0.0791 e. The van der Waals surface area contributed by atoms with Crippen LogP contribution in [0.2, 0.25) is 0 Å². The van der Waals surface area contributed by atoms with E-state index >= 15 is 0 Å². The molecule has 0 fully saturated rings. The highest BCUT2D eigenvalue weighted by Gasteiger charge is 2.27. The van der Waals surface area contributed by atoms with Crippen molar-refractivity contribution < 1.29 is 20.1 Å². The van der Waals surface area contributed by atoms with E-state index in [0.717, 1.165) is 6.42 Å². The van der Waals surface area contributed by atoms with E-state index in [1.54, 1.807) is 0 Å². The lowest BCUT2D eigenvalue weighted by atomic mass is 9.87. The van der Waals surface area contributed by atoms with Gasteiger partial charge in [0.25, 0.3) is 0 Å². The van der Waals surface area contributed by atoms with E-state index in [9.17, 15) is 5.11 Å². The molecule has 160 valence electrons. The fraction of sp³-hybridized carbons (Fsp3) is 1.00. The number of unbranched alkanes of at least 4 members (excludes halogenated alkanes) is 9. The van der Waals surface area contributed by atoms with Gasteiger partial charge in [-0.15, -0.1) is 12.4 Å². The highest BCUT2D eigenvalue weighted by atomic mass is 35.5. The van der Waals surface area contributed by atoms with Crippen molar-refractivity contribution in [3.8, 4) is 0 Å². The van der Waals surface area contributed by atoms with Gasteiger partial charge in [0.1, 0.15) is 0 Å². The van der Waals surface area contributed by atoms with Crippen LogP contribution < -0.4 is 5.73 Å². The van der Waals surface area contributed by atoms with Gasteiger partial charge in [0.15, 0.2) is 0 Å². The van der Waals surface area contributed by atoms with E-state index in [-0.39, 0.29) is 32.2 Å². The number of hydrogen-bond acceptors (Lipinski definition) is 5. The third-order valence-electron chi connectivity index (χ3n) is 4.81. The Hall–Kier alpha value is 0.0900. The fourth-order valence-corrected chi connectivity index (χ4v) is 3.21. The summed E-state index contributed by atoms with van der Waals surface area (Å²) in [6.45, 7) is 3.11. The zero-order valence-electron chi connectivity index (χ0n) is 16.8. The molecule has 0 saturated heterocycles. The third-order valence-corrected chi connectivity index (χ3v) is 4.81. The maximum absolute atomic E-state index is 10.0. The molecule has 0 bridgehead atoms. The van der Waals surface area contributed by atoms with Crippen molar-refractivity contribution in [2.75, 3.05) is 26.4 Å². The molecule has 0 heterocycles. The van der Waals surface area contributed by atoms with E-state index < -0.39 is 11.6 Å². The van der Waals surface area contributed by atoms with Gasteiger partial charge in [-0.1, -0.05) is 64.7 Å². The molecule has 0 rings (SSSR count). The molecule has 1 unspecified atom stereocenters. The second-order valence-corrected chi connectivity index (χ2v) is 7.42. The first kappa shape index (κ1) is 28.3. The van der Waals surface area contributed by atoms with Gasteiger partial charge in [0.05, 0.1) is 12.7 Å². The number of halogens is 1. The van der Waals surface area contributed by atoms with Crippen molar-refractivity contribution in [1.82, 2.24) is 0 Å². The molecule has 0 spiro atoms. The van der Waals surface area contributed by atoms with E-state index in [2.05, 4.69) is 6.92 Å². The summed E-state index contributed by atoms with van der Waals surface area (Å²) in [5, 5.41) is 28.1. The first-order valence-corrected chi connectivity index (χ1v) is 10.3. The molecule has 6 heteroatoms. The molecule has 0 aliphatic rings. The minimum absolute atomic E-state index is 0. The van der Waals surface area contributed by atoms with Crippen molar-refractivity contribution >= 4 is 12.4 Å². The van der Waals surface area contributed by atoms with E-state index in [0.29, 0.717) is 25.9 Å². The van der Waals surface area contributed by atoms with Crippen LogP contribution in [0.3, 0.4) is 0 Å². The summed E-state index contributed by atoms with van der Waals surface area (Å²) in [4.78, 5) is 0. The summed E-state index contributed by atoms with van der Waals surface area (Å²) in [5.74, 6) is 0. The summed E-state index contributed by atoms with van der Waals surface area (Å²) < 4.78 is 5.54. The van der Waals surface area contributed by atoms with Crippen molar-refractivity contribution in [3.05, 3.63) is 0 Å². The number of aliphatic hydroxyl groups is 3. The summed E-state index contributed by atoms with van der Waals surface area (Å²) in [5.41, 5.74) is 5.40. The lowest BCUT2D eigenvalue weighted by Crippen LogP contribution is -2.45. The lowest BCUT2D eigenvalue weighted by molar-refractivity contribution is 0.0136. The summed E-state index contributed by atoms with van der Waals surface area (Å²) in [6, 6.07) is 0. The highest BCUT2D eigenvalue weighted by Crippen LogP contribution is 2.19. The molecule has 5 N–H and O–H groups in total. The molecule has 0 aliphatic heterocycles. The standard InChI is InChI=1S/C20H43NO4.ClH/c1-2-3-4-5-6-7-8-9-10-11-16-25-18-19(24)17-20(21,12-14-22)13-15-23;/h19,22-24H,2-18,21H2,1H3;1H. The predicted molar refractivity (Wildman–Crippen MR) is 111 cm³/mol. The van der Waals surface area contributed by atoms with Crippen molar-refractivity contribution in [2.24, 2.45) is 5.73 Å². The van der Waals surface area contributed by atoms with E-state index in [1.165, 1.54) is 57.8 Å². The SMILES string of the molecule is CCCCCCCCCCCCOCC(O)CC(N)(CCO)CCO.Cl. The van der Waals surface area contributed by atoms with Crippen LogP contribution in [0.5, 0.6) is 0 Å². The number of hydrogen-bond donors (Lipinski definition) is 4. The molecule has 0 saturated carbocycles. The highest BCUT2D eigenvalue weighted by molar-refractivity contribution is 5.85. The normalized spacial score (nSPS) is 12.8. The van der Waals surface area contributed by atoms with Crippen LogP contribution in [0.25, 0.3) is 0 Å². The minimum atomic E-state index is -0.719. The van der Waals surface area contributed by atoms with Crippen molar-refractivity contribution in [3.63, 3.8) is 0 Å².